The largest absolute Gasteiger partial charge is 0.494 e. The van der Waals surface area contributed by atoms with Crippen molar-refractivity contribution in [1.29, 1.82) is 0 Å². The first kappa shape index (κ1) is 26.9. The second-order valence-corrected chi connectivity index (χ2v) is 9.32. The molecule has 1 atom stereocenters. The Bertz CT molecular complexity index is 1550. The molecule has 198 valence electrons. The van der Waals surface area contributed by atoms with Crippen LogP contribution in [0.2, 0.25) is 0 Å². The van der Waals surface area contributed by atoms with Gasteiger partial charge in [0.1, 0.15) is 12.4 Å². The van der Waals surface area contributed by atoms with E-state index in [9.17, 15) is 9.59 Å². The maximum Gasteiger partial charge on any atom is 0.338 e. The number of rotatable bonds is 10. The lowest BCUT2D eigenvalue weighted by atomic mass is 9.96. The first-order valence-corrected chi connectivity index (χ1v) is 13.1. The van der Waals surface area contributed by atoms with Crippen LogP contribution in [0.4, 0.5) is 0 Å². The van der Waals surface area contributed by atoms with Crippen molar-refractivity contribution in [2.75, 3.05) is 26.9 Å². The Morgan fingerprint density at radius 3 is 2.53 bits per heavy atom. The Kier molecular flexibility index (Phi) is 8.48. The van der Waals surface area contributed by atoms with E-state index in [4.69, 9.17) is 18.9 Å². The lowest BCUT2D eigenvalue weighted by molar-refractivity contribution is -0.139. The maximum absolute atomic E-state index is 13.8. The Labute approximate surface area is 224 Å². The summed E-state index contributed by atoms with van der Waals surface area (Å²) in [5, 5.41) is 0. The number of ether oxygens (including phenoxy) is 4. The third kappa shape index (κ3) is 5.43. The normalized spacial score (nSPS) is 14.9. The predicted octanol–water partition coefficient (Wildman–Crippen LogP) is 3.77. The van der Waals surface area contributed by atoms with Crippen molar-refractivity contribution in [2.45, 2.75) is 26.8 Å². The van der Waals surface area contributed by atoms with Crippen LogP contribution in [0.25, 0.3) is 6.08 Å². The van der Waals surface area contributed by atoms with Gasteiger partial charge in [-0.3, -0.25) is 9.36 Å². The van der Waals surface area contributed by atoms with Crippen LogP contribution < -0.4 is 29.1 Å². The fourth-order valence-electron chi connectivity index (χ4n) is 4.21. The topological polar surface area (TPSA) is 88.4 Å². The Morgan fingerprint density at radius 2 is 1.87 bits per heavy atom. The highest BCUT2D eigenvalue weighted by Gasteiger charge is 2.33. The molecule has 1 aromatic heterocycles. The molecule has 0 fully saturated rings. The van der Waals surface area contributed by atoms with Crippen LogP contribution in [0.3, 0.4) is 0 Å². The summed E-state index contributed by atoms with van der Waals surface area (Å²) in [7, 11) is 1.56. The molecule has 0 amide bonds. The van der Waals surface area contributed by atoms with Crippen LogP contribution in [0.1, 0.15) is 37.9 Å². The molecule has 0 aliphatic carbocycles. The fraction of sp³-hybridized carbons (Fsp3) is 0.276. The monoisotopic (exact) mass is 534 g/mol. The summed E-state index contributed by atoms with van der Waals surface area (Å²) in [6.07, 6.45) is 3.43. The minimum absolute atomic E-state index is 0.213. The minimum atomic E-state index is -0.688. The lowest BCUT2D eigenvalue weighted by Crippen LogP contribution is -2.39. The average molecular weight is 535 g/mol. The van der Waals surface area contributed by atoms with Gasteiger partial charge in [0, 0.05) is 0 Å². The van der Waals surface area contributed by atoms with Crippen LogP contribution in [0, 0.1) is 0 Å². The molecule has 2 heterocycles. The Morgan fingerprint density at radius 1 is 1.11 bits per heavy atom. The lowest BCUT2D eigenvalue weighted by Gasteiger charge is -2.24. The summed E-state index contributed by atoms with van der Waals surface area (Å²) in [6, 6.07) is 12.1. The van der Waals surface area contributed by atoms with E-state index >= 15 is 0 Å². The molecule has 1 aliphatic rings. The van der Waals surface area contributed by atoms with Gasteiger partial charge in [0.05, 0.1) is 42.2 Å². The molecule has 0 spiro atoms. The van der Waals surface area contributed by atoms with E-state index in [1.54, 1.807) is 49.8 Å². The SMILES string of the molecule is C=CCOc1ccc(C=c2sc3n(c2=O)[C@H](c2ccc(OCC)cc2)C(C(=O)OCC)=C(C)N=3)cc1OC. The first-order chi connectivity index (χ1) is 18.4. The van der Waals surface area contributed by atoms with E-state index in [2.05, 4.69) is 11.6 Å². The molecular formula is C29H30N2O6S. The summed E-state index contributed by atoms with van der Waals surface area (Å²) in [5.74, 6) is 1.33. The number of allylic oxidation sites excluding steroid dienone is 1. The van der Waals surface area contributed by atoms with Gasteiger partial charge in [-0.1, -0.05) is 42.2 Å². The Hall–Kier alpha value is -4.11. The molecule has 4 rings (SSSR count). The van der Waals surface area contributed by atoms with Crippen LogP contribution in [0.15, 0.2) is 76.2 Å². The number of carbonyl (C=O) groups is 1. The number of aromatic nitrogens is 1. The summed E-state index contributed by atoms with van der Waals surface area (Å²) in [4.78, 5) is 31.9. The standard InChI is InChI=1S/C29H30N2O6S/c1-6-15-37-22-14-9-19(16-23(22)34-5)17-24-27(32)31-26(20-10-12-21(13-11-20)35-7-2)25(28(33)36-8-3)18(4)30-29(31)38-24/h6,9-14,16-17,26H,1,7-8,15H2,2-5H3/t26-/m1/s1. The van der Waals surface area contributed by atoms with Gasteiger partial charge in [-0.2, -0.15) is 0 Å². The molecule has 0 bridgehead atoms. The van der Waals surface area contributed by atoms with Crippen molar-refractivity contribution in [1.82, 2.24) is 4.57 Å². The number of nitrogens with zero attached hydrogens (tertiary/aromatic N) is 2. The van der Waals surface area contributed by atoms with Gasteiger partial charge >= 0.3 is 5.97 Å². The van der Waals surface area contributed by atoms with Gasteiger partial charge in [0.25, 0.3) is 5.56 Å². The quantitative estimate of drug-likeness (QED) is 0.291. The number of thiazole rings is 1. The number of benzene rings is 2. The van der Waals surface area contributed by atoms with Crippen LogP contribution >= 0.6 is 11.3 Å². The summed E-state index contributed by atoms with van der Waals surface area (Å²) in [5.41, 5.74) is 2.11. The zero-order valence-corrected chi connectivity index (χ0v) is 22.7. The Balaban J connectivity index is 1.85. The molecule has 0 saturated heterocycles. The van der Waals surface area contributed by atoms with E-state index < -0.39 is 12.0 Å². The molecule has 9 heteroatoms. The van der Waals surface area contributed by atoms with E-state index in [-0.39, 0.29) is 12.2 Å². The van der Waals surface area contributed by atoms with Gasteiger partial charge in [-0.25, -0.2) is 9.79 Å². The number of carbonyl (C=O) groups excluding carboxylic acids is 1. The predicted molar refractivity (Wildman–Crippen MR) is 147 cm³/mol. The van der Waals surface area contributed by atoms with Gasteiger partial charge < -0.3 is 18.9 Å². The van der Waals surface area contributed by atoms with Crippen LogP contribution in [-0.2, 0) is 9.53 Å². The highest BCUT2D eigenvalue weighted by atomic mass is 32.1. The van der Waals surface area contributed by atoms with Crippen LogP contribution in [0.5, 0.6) is 17.2 Å². The minimum Gasteiger partial charge on any atom is -0.494 e. The van der Waals surface area contributed by atoms with Gasteiger partial charge in [0.15, 0.2) is 16.3 Å². The molecule has 0 unspecified atom stereocenters. The van der Waals surface area contributed by atoms with E-state index in [1.165, 1.54) is 11.3 Å². The molecule has 0 radical (unpaired) electrons. The second kappa shape index (κ2) is 12.0. The average Bonchev–Trinajstić information content (AvgIpc) is 3.21. The van der Waals surface area contributed by atoms with Crippen molar-refractivity contribution >= 4 is 23.4 Å². The summed E-state index contributed by atoms with van der Waals surface area (Å²) in [6.45, 7) is 10.2. The number of hydrogen-bond acceptors (Lipinski definition) is 8. The van der Waals surface area contributed by atoms with Crippen molar-refractivity contribution in [3.63, 3.8) is 0 Å². The molecule has 3 aromatic rings. The number of hydrogen-bond donors (Lipinski definition) is 0. The van der Waals surface area contributed by atoms with Gasteiger partial charge in [0.2, 0.25) is 0 Å². The molecular weight excluding hydrogens is 504 g/mol. The van der Waals surface area contributed by atoms with Gasteiger partial charge in [-0.15, -0.1) is 0 Å². The third-order valence-electron chi connectivity index (χ3n) is 5.87. The van der Waals surface area contributed by atoms with Crippen molar-refractivity contribution in [3.8, 4) is 17.2 Å². The maximum atomic E-state index is 13.8. The molecule has 2 aromatic carbocycles. The van der Waals surface area contributed by atoms with E-state index in [0.717, 1.165) is 11.1 Å². The molecule has 38 heavy (non-hydrogen) atoms. The number of methoxy groups -OCH3 is 1. The van der Waals surface area contributed by atoms with Crippen molar-refractivity contribution in [3.05, 3.63) is 97.2 Å². The van der Waals surface area contributed by atoms with Gasteiger partial charge in [-0.05, 0) is 62.2 Å². The smallest absolute Gasteiger partial charge is 0.338 e. The summed E-state index contributed by atoms with van der Waals surface area (Å²) >= 11 is 1.26. The van der Waals surface area contributed by atoms with Crippen molar-refractivity contribution in [2.24, 2.45) is 4.99 Å². The highest BCUT2D eigenvalue weighted by molar-refractivity contribution is 7.07. The summed E-state index contributed by atoms with van der Waals surface area (Å²) < 4.78 is 24.1. The number of fused-ring (bicyclic) bond motifs is 1. The zero-order valence-electron chi connectivity index (χ0n) is 21.9. The zero-order chi connectivity index (χ0) is 27.2. The van der Waals surface area contributed by atoms with E-state index in [0.29, 0.717) is 51.1 Å². The van der Waals surface area contributed by atoms with E-state index in [1.807, 2.05) is 37.3 Å². The molecule has 8 nitrogen and oxygen atoms in total. The molecule has 0 N–H and O–H groups in total. The number of esters is 1. The third-order valence-corrected chi connectivity index (χ3v) is 6.85. The first-order valence-electron chi connectivity index (χ1n) is 12.3. The van der Waals surface area contributed by atoms with Crippen LogP contribution in [-0.4, -0.2) is 37.5 Å². The van der Waals surface area contributed by atoms with Crippen molar-refractivity contribution < 1.29 is 23.7 Å². The second-order valence-electron chi connectivity index (χ2n) is 8.31. The highest BCUT2D eigenvalue weighted by Crippen LogP contribution is 2.32. The fourth-order valence-corrected chi connectivity index (χ4v) is 5.26. The molecule has 0 saturated carbocycles. The molecule has 1 aliphatic heterocycles.